The number of aromatic amines is 1. The first-order valence-corrected chi connectivity index (χ1v) is 8.29. The van der Waals surface area contributed by atoms with E-state index in [1.807, 2.05) is 24.3 Å². The molecule has 0 spiro atoms. The number of H-pyrrole nitrogens is 1. The maximum absolute atomic E-state index is 14.0. The first-order valence-electron chi connectivity index (χ1n) is 8.29. The molecule has 1 aliphatic rings. The molecular formula is C20H17FN2O2. The van der Waals surface area contributed by atoms with Crippen molar-refractivity contribution < 1.29 is 9.18 Å². The molecule has 0 radical (unpaired) electrons. The lowest BCUT2D eigenvalue weighted by Gasteiger charge is -2.18. The Kier molecular flexibility index (Phi) is 3.84. The monoisotopic (exact) mass is 336 g/mol. The number of rotatable bonds is 2. The van der Waals surface area contributed by atoms with Crippen molar-refractivity contribution in [2.75, 3.05) is 13.1 Å². The van der Waals surface area contributed by atoms with Crippen molar-refractivity contribution in [3.05, 3.63) is 81.9 Å². The predicted molar refractivity (Wildman–Crippen MR) is 94.2 cm³/mol. The first kappa shape index (κ1) is 15.6. The van der Waals surface area contributed by atoms with Crippen LogP contribution in [0.3, 0.4) is 0 Å². The second-order valence-corrected chi connectivity index (χ2v) is 6.35. The third-order valence-electron chi connectivity index (χ3n) is 4.80. The van der Waals surface area contributed by atoms with Crippen molar-refractivity contribution in [1.29, 1.82) is 0 Å². The highest BCUT2D eigenvalue weighted by Crippen LogP contribution is 2.30. The number of nitrogens with one attached hydrogen (secondary N) is 1. The SMILES string of the molecule is O=C(c1cc(=O)[nH]c2ccccc12)N1CC[C@H](c2ccccc2F)C1. The third kappa shape index (κ3) is 2.82. The molecule has 0 unspecified atom stereocenters. The zero-order valence-electron chi connectivity index (χ0n) is 13.5. The average Bonchev–Trinajstić information content (AvgIpc) is 3.10. The quantitative estimate of drug-likeness (QED) is 0.781. The second-order valence-electron chi connectivity index (χ2n) is 6.35. The lowest BCUT2D eigenvalue weighted by atomic mass is 9.98. The van der Waals surface area contributed by atoms with E-state index in [9.17, 15) is 14.0 Å². The Morgan fingerprint density at radius 3 is 2.72 bits per heavy atom. The van der Waals surface area contributed by atoms with E-state index in [4.69, 9.17) is 0 Å². The Morgan fingerprint density at radius 2 is 1.88 bits per heavy atom. The molecule has 2 aromatic carbocycles. The van der Waals surface area contributed by atoms with E-state index >= 15 is 0 Å². The number of hydrogen-bond acceptors (Lipinski definition) is 2. The number of aromatic nitrogens is 1. The van der Waals surface area contributed by atoms with Crippen LogP contribution in [0.1, 0.15) is 28.3 Å². The van der Waals surface area contributed by atoms with Gasteiger partial charge in [-0.25, -0.2) is 4.39 Å². The van der Waals surface area contributed by atoms with Crippen molar-refractivity contribution >= 4 is 16.8 Å². The molecule has 3 aromatic rings. The Bertz CT molecular complexity index is 1010. The summed E-state index contributed by atoms with van der Waals surface area (Å²) in [5.74, 6) is -0.428. The van der Waals surface area contributed by atoms with Gasteiger partial charge in [0, 0.05) is 36.0 Å². The van der Waals surface area contributed by atoms with Crippen LogP contribution in [0.4, 0.5) is 4.39 Å². The van der Waals surface area contributed by atoms with E-state index in [1.54, 1.807) is 23.1 Å². The summed E-state index contributed by atoms with van der Waals surface area (Å²) < 4.78 is 14.0. The lowest BCUT2D eigenvalue weighted by Crippen LogP contribution is -2.29. The van der Waals surface area contributed by atoms with Gasteiger partial charge in [0.05, 0.1) is 5.56 Å². The summed E-state index contributed by atoms with van der Waals surface area (Å²) in [5.41, 5.74) is 1.39. The number of halogens is 1. The highest BCUT2D eigenvalue weighted by Gasteiger charge is 2.30. The van der Waals surface area contributed by atoms with Gasteiger partial charge in [-0.1, -0.05) is 36.4 Å². The topological polar surface area (TPSA) is 53.2 Å². The number of nitrogens with zero attached hydrogens (tertiary/aromatic N) is 1. The minimum Gasteiger partial charge on any atom is -0.338 e. The molecule has 25 heavy (non-hydrogen) atoms. The molecule has 1 fully saturated rings. The summed E-state index contributed by atoms with van der Waals surface area (Å²) in [4.78, 5) is 29.3. The molecule has 2 heterocycles. The van der Waals surface area contributed by atoms with Crippen molar-refractivity contribution in [3.8, 4) is 0 Å². The van der Waals surface area contributed by atoms with Crippen LogP contribution in [0.25, 0.3) is 10.9 Å². The van der Waals surface area contributed by atoms with E-state index in [0.29, 0.717) is 36.2 Å². The summed E-state index contributed by atoms with van der Waals surface area (Å²) in [6, 6.07) is 15.3. The summed E-state index contributed by atoms with van der Waals surface area (Å²) in [5, 5.41) is 0.724. The summed E-state index contributed by atoms with van der Waals surface area (Å²) >= 11 is 0. The maximum atomic E-state index is 14.0. The van der Waals surface area contributed by atoms with Crippen LogP contribution in [0.15, 0.2) is 59.4 Å². The molecule has 1 aromatic heterocycles. The van der Waals surface area contributed by atoms with Crippen molar-refractivity contribution in [2.24, 2.45) is 0 Å². The molecule has 1 atom stereocenters. The molecule has 0 saturated carbocycles. The maximum Gasteiger partial charge on any atom is 0.254 e. The zero-order valence-corrected chi connectivity index (χ0v) is 13.5. The fourth-order valence-electron chi connectivity index (χ4n) is 3.56. The number of hydrogen-bond donors (Lipinski definition) is 1. The summed E-state index contributed by atoms with van der Waals surface area (Å²) in [7, 11) is 0. The zero-order chi connectivity index (χ0) is 17.4. The molecule has 4 rings (SSSR count). The van der Waals surface area contributed by atoms with Gasteiger partial charge in [-0.2, -0.15) is 0 Å². The van der Waals surface area contributed by atoms with Crippen LogP contribution in [-0.2, 0) is 0 Å². The van der Waals surface area contributed by atoms with Crippen molar-refractivity contribution in [1.82, 2.24) is 9.88 Å². The Balaban J connectivity index is 1.65. The number of carbonyl (C=O) groups excluding carboxylic acids is 1. The predicted octanol–water partition coefficient (Wildman–Crippen LogP) is 3.30. The van der Waals surface area contributed by atoms with Crippen LogP contribution < -0.4 is 5.56 Å². The molecule has 1 amide bonds. The van der Waals surface area contributed by atoms with E-state index in [2.05, 4.69) is 4.98 Å². The van der Waals surface area contributed by atoms with E-state index < -0.39 is 0 Å². The molecule has 1 saturated heterocycles. The molecule has 0 aliphatic carbocycles. The molecule has 126 valence electrons. The normalized spacial score (nSPS) is 17.2. The standard InChI is InChI=1S/C20H17FN2O2/c21-17-7-3-1-5-14(17)13-9-10-23(12-13)20(25)16-11-19(24)22-18-8-4-2-6-15(16)18/h1-8,11,13H,9-10,12H2,(H,22,24)/t13-/m0/s1. The second kappa shape index (κ2) is 6.16. The largest absolute Gasteiger partial charge is 0.338 e. The number of carbonyl (C=O) groups is 1. The van der Waals surface area contributed by atoms with Gasteiger partial charge < -0.3 is 9.88 Å². The Hall–Kier alpha value is -2.95. The average molecular weight is 336 g/mol. The van der Waals surface area contributed by atoms with Gasteiger partial charge >= 0.3 is 0 Å². The van der Waals surface area contributed by atoms with Gasteiger partial charge in [0.2, 0.25) is 5.56 Å². The van der Waals surface area contributed by atoms with Gasteiger partial charge in [0.15, 0.2) is 0 Å². The van der Waals surface area contributed by atoms with Gasteiger partial charge in [0.1, 0.15) is 5.82 Å². The molecule has 0 bridgehead atoms. The van der Waals surface area contributed by atoms with Crippen LogP contribution in [0.2, 0.25) is 0 Å². The molecule has 4 nitrogen and oxygen atoms in total. The van der Waals surface area contributed by atoms with Crippen molar-refractivity contribution in [3.63, 3.8) is 0 Å². The number of fused-ring (bicyclic) bond motifs is 1. The smallest absolute Gasteiger partial charge is 0.254 e. The number of benzene rings is 2. The van der Waals surface area contributed by atoms with Crippen LogP contribution >= 0.6 is 0 Å². The van der Waals surface area contributed by atoms with Crippen LogP contribution in [-0.4, -0.2) is 28.9 Å². The third-order valence-corrected chi connectivity index (χ3v) is 4.80. The van der Waals surface area contributed by atoms with Crippen LogP contribution in [0, 0.1) is 5.82 Å². The van der Waals surface area contributed by atoms with Gasteiger partial charge in [-0.05, 0) is 24.1 Å². The Labute approximate surface area is 143 Å². The minimum absolute atomic E-state index is 0.0154. The van der Waals surface area contributed by atoms with Gasteiger partial charge in [-0.3, -0.25) is 9.59 Å². The molecule has 1 aliphatic heterocycles. The number of pyridine rings is 1. The summed E-state index contributed by atoms with van der Waals surface area (Å²) in [6.07, 6.45) is 0.716. The number of para-hydroxylation sites is 1. The van der Waals surface area contributed by atoms with Crippen molar-refractivity contribution in [2.45, 2.75) is 12.3 Å². The fraction of sp³-hybridized carbons (Fsp3) is 0.200. The van der Waals surface area contributed by atoms with Crippen LogP contribution in [0.5, 0.6) is 0 Å². The minimum atomic E-state index is -0.299. The van der Waals surface area contributed by atoms with E-state index in [-0.39, 0.29) is 23.2 Å². The molecular weight excluding hydrogens is 319 g/mol. The summed E-state index contributed by atoms with van der Waals surface area (Å²) in [6.45, 7) is 1.01. The highest BCUT2D eigenvalue weighted by molar-refractivity contribution is 6.06. The van der Waals surface area contributed by atoms with Gasteiger partial charge in [0.25, 0.3) is 5.91 Å². The lowest BCUT2D eigenvalue weighted by molar-refractivity contribution is 0.0792. The number of likely N-dealkylation sites (tertiary alicyclic amines) is 1. The van der Waals surface area contributed by atoms with E-state index in [0.717, 1.165) is 5.39 Å². The van der Waals surface area contributed by atoms with Gasteiger partial charge in [-0.15, -0.1) is 0 Å². The van der Waals surface area contributed by atoms with E-state index in [1.165, 1.54) is 12.1 Å². The number of amides is 1. The molecule has 1 N–H and O–H groups in total. The first-order chi connectivity index (χ1) is 12.1. The molecule has 5 heteroatoms. The Morgan fingerprint density at radius 1 is 1.12 bits per heavy atom. The highest BCUT2D eigenvalue weighted by atomic mass is 19.1. The fourth-order valence-corrected chi connectivity index (χ4v) is 3.56.